The molecule has 1 fully saturated rings. The molecule has 3 nitrogen and oxygen atoms in total. The summed E-state index contributed by atoms with van der Waals surface area (Å²) >= 11 is 5.50. The Kier molecular flexibility index (Phi) is 3.31. The third-order valence-electron chi connectivity index (χ3n) is 2.70. The molecule has 0 saturated heterocycles. The second-order valence-electron chi connectivity index (χ2n) is 3.60. The molecule has 1 saturated carbocycles. The lowest BCUT2D eigenvalue weighted by Gasteiger charge is -2.39. The molecule has 74 valence electrons. The molecule has 0 bridgehead atoms. The fourth-order valence-corrected chi connectivity index (χ4v) is 1.88. The van der Waals surface area contributed by atoms with Crippen LogP contribution < -0.4 is 5.32 Å². The van der Waals surface area contributed by atoms with Crippen molar-refractivity contribution < 1.29 is 9.59 Å². The maximum Gasteiger partial charge on any atom is 0.216 e. The summed E-state index contributed by atoms with van der Waals surface area (Å²) in [6.07, 6.45) is 2.78. The Labute approximate surface area is 82.8 Å². The van der Waals surface area contributed by atoms with Crippen LogP contribution in [0.5, 0.6) is 0 Å². The third kappa shape index (κ3) is 2.21. The average Bonchev–Trinajstić information content (AvgIpc) is 2.01. The van der Waals surface area contributed by atoms with Crippen molar-refractivity contribution in [3.63, 3.8) is 0 Å². The van der Waals surface area contributed by atoms with Crippen LogP contribution in [0, 0.1) is 5.41 Å². The van der Waals surface area contributed by atoms with Gasteiger partial charge < -0.3 is 5.32 Å². The van der Waals surface area contributed by atoms with Crippen LogP contribution in [-0.4, -0.2) is 24.1 Å². The van der Waals surface area contributed by atoms with E-state index in [1.165, 1.54) is 6.92 Å². The monoisotopic (exact) mass is 203 g/mol. The van der Waals surface area contributed by atoms with Crippen LogP contribution >= 0.6 is 11.6 Å². The van der Waals surface area contributed by atoms with Gasteiger partial charge in [-0.2, -0.15) is 0 Å². The molecule has 0 aromatic rings. The number of carbonyl (C=O) groups excluding carboxylic acids is 2. The summed E-state index contributed by atoms with van der Waals surface area (Å²) in [5.41, 5.74) is -0.340. The first-order chi connectivity index (χ1) is 6.10. The topological polar surface area (TPSA) is 46.2 Å². The molecule has 0 atom stereocenters. The van der Waals surface area contributed by atoms with Crippen LogP contribution in [-0.2, 0) is 9.59 Å². The first-order valence-corrected chi connectivity index (χ1v) is 4.98. The van der Waals surface area contributed by atoms with E-state index >= 15 is 0 Å². The number of Topliss-reactive ketones (excluding diaryl/α,β-unsaturated/α-hetero) is 1. The van der Waals surface area contributed by atoms with Gasteiger partial charge in [0.25, 0.3) is 0 Å². The number of rotatable bonds is 4. The first kappa shape index (κ1) is 10.5. The van der Waals surface area contributed by atoms with E-state index in [1.807, 2.05) is 0 Å². The molecular formula is C9H14ClNO2. The Balaban J connectivity index is 2.49. The molecule has 0 heterocycles. The number of ketones is 1. The third-order valence-corrected chi connectivity index (χ3v) is 2.94. The van der Waals surface area contributed by atoms with E-state index in [1.54, 1.807) is 0 Å². The van der Waals surface area contributed by atoms with Crippen LogP contribution in [0.1, 0.15) is 26.2 Å². The van der Waals surface area contributed by atoms with Gasteiger partial charge in [0.05, 0.1) is 5.88 Å². The minimum Gasteiger partial charge on any atom is -0.355 e. The zero-order valence-corrected chi connectivity index (χ0v) is 8.49. The lowest BCUT2D eigenvalue weighted by Crippen LogP contribution is -2.47. The molecular weight excluding hydrogens is 190 g/mol. The number of alkyl halides is 1. The summed E-state index contributed by atoms with van der Waals surface area (Å²) in [6, 6.07) is 0. The molecule has 0 aliphatic heterocycles. The zero-order chi connectivity index (χ0) is 9.90. The van der Waals surface area contributed by atoms with Crippen molar-refractivity contribution in [1.29, 1.82) is 0 Å². The van der Waals surface area contributed by atoms with E-state index in [2.05, 4.69) is 5.32 Å². The van der Waals surface area contributed by atoms with E-state index in [-0.39, 0.29) is 23.0 Å². The highest BCUT2D eigenvalue weighted by Gasteiger charge is 2.42. The van der Waals surface area contributed by atoms with Crippen LogP contribution in [0.2, 0.25) is 0 Å². The Morgan fingerprint density at radius 1 is 1.46 bits per heavy atom. The van der Waals surface area contributed by atoms with Crippen LogP contribution in [0.3, 0.4) is 0 Å². The molecule has 1 N–H and O–H groups in total. The summed E-state index contributed by atoms with van der Waals surface area (Å²) in [4.78, 5) is 22.1. The first-order valence-electron chi connectivity index (χ1n) is 4.44. The smallest absolute Gasteiger partial charge is 0.216 e. The van der Waals surface area contributed by atoms with Gasteiger partial charge in [0.2, 0.25) is 5.91 Å². The second kappa shape index (κ2) is 4.09. The van der Waals surface area contributed by atoms with E-state index in [0.717, 1.165) is 19.3 Å². The van der Waals surface area contributed by atoms with Crippen LogP contribution in [0.4, 0.5) is 0 Å². The van der Waals surface area contributed by atoms with Crippen molar-refractivity contribution >= 4 is 23.3 Å². The standard InChI is InChI=1S/C9H14ClNO2/c1-7(12)11-6-9(3-2-4-9)8(13)5-10/h2-6H2,1H3,(H,11,12). The van der Waals surface area contributed by atoms with Gasteiger partial charge in [0.1, 0.15) is 0 Å². The molecule has 1 rings (SSSR count). The molecule has 4 heteroatoms. The van der Waals surface area contributed by atoms with Crippen molar-refractivity contribution in [2.24, 2.45) is 5.41 Å². The second-order valence-corrected chi connectivity index (χ2v) is 3.87. The number of carbonyl (C=O) groups is 2. The van der Waals surface area contributed by atoms with Gasteiger partial charge in [-0.3, -0.25) is 9.59 Å². The number of halogens is 1. The average molecular weight is 204 g/mol. The number of amides is 1. The Hall–Kier alpha value is -0.570. The lowest BCUT2D eigenvalue weighted by molar-refractivity contribution is -0.131. The van der Waals surface area contributed by atoms with E-state index in [4.69, 9.17) is 11.6 Å². The maximum atomic E-state index is 11.4. The molecule has 0 aromatic carbocycles. The summed E-state index contributed by atoms with van der Waals surface area (Å²) in [6.45, 7) is 1.91. The fourth-order valence-electron chi connectivity index (χ4n) is 1.59. The number of nitrogens with one attached hydrogen (secondary N) is 1. The highest BCUT2D eigenvalue weighted by atomic mass is 35.5. The van der Waals surface area contributed by atoms with E-state index in [9.17, 15) is 9.59 Å². The fraction of sp³-hybridized carbons (Fsp3) is 0.778. The summed E-state index contributed by atoms with van der Waals surface area (Å²) < 4.78 is 0. The molecule has 1 amide bonds. The van der Waals surface area contributed by atoms with Gasteiger partial charge in [0, 0.05) is 18.9 Å². The van der Waals surface area contributed by atoms with Crippen molar-refractivity contribution in [3.05, 3.63) is 0 Å². The predicted octanol–water partition coefficient (Wildman–Crippen LogP) is 1.10. The summed E-state index contributed by atoms with van der Waals surface area (Å²) in [5.74, 6) is 0.0300. The SMILES string of the molecule is CC(=O)NCC1(C(=O)CCl)CCC1. The van der Waals surface area contributed by atoms with Crippen molar-refractivity contribution in [1.82, 2.24) is 5.32 Å². The highest BCUT2D eigenvalue weighted by molar-refractivity contribution is 6.28. The van der Waals surface area contributed by atoms with Gasteiger partial charge in [-0.1, -0.05) is 6.42 Å². The predicted molar refractivity (Wildman–Crippen MR) is 50.7 cm³/mol. The number of hydrogen-bond acceptors (Lipinski definition) is 2. The molecule has 0 unspecified atom stereocenters. The van der Waals surface area contributed by atoms with Gasteiger partial charge in [-0.15, -0.1) is 11.6 Å². The minimum atomic E-state index is -0.340. The Morgan fingerprint density at radius 2 is 2.08 bits per heavy atom. The minimum absolute atomic E-state index is 0.0551. The molecule has 0 aromatic heterocycles. The van der Waals surface area contributed by atoms with E-state index < -0.39 is 0 Å². The molecule has 0 spiro atoms. The quantitative estimate of drug-likeness (QED) is 0.696. The number of hydrogen-bond donors (Lipinski definition) is 1. The van der Waals surface area contributed by atoms with Gasteiger partial charge in [-0.05, 0) is 12.8 Å². The summed E-state index contributed by atoms with van der Waals surface area (Å²) in [7, 11) is 0. The van der Waals surface area contributed by atoms with Gasteiger partial charge in [0.15, 0.2) is 5.78 Å². The van der Waals surface area contributed by atoms with E-state index in [0.29, 0.717) is 6.54 Å². The zero-order valence-electron chi connectivity index (χ0n) is 7.73. The Bertz CT molecular complexity index is 224. The Morgan fingerprint density at radius 3 is 2.38 bits per heavy atom. The maximum absolute atomic E-state index is 11.4. The molecule has 0 radical (unpaired) electrons. The van der Waals surface area contributed by atoms with Crippen molar-refractivity contribution in [2.45, 2.75) is 26.2 Å². The highest BCUT2D eigenvalue weighted by Crippen LogP contribution is 2.41. The lowest BCUT2D eigenvalue weighted by atomic mass is 9.66. The van der Waals surface area contributed by atoms with Crippen LogP contribution in [0.15, 0.2) is 0 Å². The molecule has 1 aliphatic carbocycles. The van der Waals surface area contributed by atoms with Gasteiger partial charge in [-0.25, -0.2) is 0 Å². The normalized spacial score (nSPS) is 18.9. The van der Waals surface area contributed by atoms with Crippen molar-refractivity contribution in [2.75, 3.05) is 12.4 Å². The summed E-state index contributed by atoms with van der Waals surface area (Å²) in [5, 5.41) is 2.69. The van der Waals surface area contributed by atoms with Crippen LogP contribution in [0.25, 0.3) is 0 Å². The molecule has 1 aliphatic rings. The molecule has 13 heavy (non-hydrogen) atoms. The van der Waals surface area contributed by atoms with Gasteiger partial charge >= 0.3 is 0 Å². The largest absolute Gasteiger partial charge is 0.355 e. The van der Waals surface area contributed by atoms with Crippen molar-refractivity contribution in [3.8, 4) is 0 Å².